The van der Waals surface area contributed by atoms with Crippen LogP contribution in [0.2, 0.25) is 0 Å². The number of hydrogen-bond donors (Lipinski definition) is 2. The highest BCUT2D eigenvalue weighted by molar-refractivity contribution is 6.06. The molecule has 7 nitrogen and oxygen atoms in total. The van der Waals surface area contributed by atoms with Gasteiger partial charge in [0.25, 0.3) is 5.91 Å². The molecule has 0 saturated carbocycles. The molecule has 2 amide bonds. The van der Waals surface area contributed by atoms with Gasteiger partial charge in [0.05, 0.1) is 22.8 Å². The van der Waals surface area contributed by atoms with E-state index in [4.69, 9.17) is 4.98 Å². The van der Waals surface area contributed by atoms with Gasteiger partial charge in [0.1, 0.15) is 0 Å². The fourth-order valence-electron chi connectivity index (χ4n) is 2.85. The lowest BCUT2D eigenvalue weighted by Gasteiger charge is -2.11. The summed E-state index contributed by atoms with van der Waals surface area (Å²) in [6, 6.07) is 11.7. The van der Waals surface area contributed by atoms with Crippen LogP contribution >= 0.6 is 0 Å². The van der Waals surface area contributed by atoms with Crippen LogP contribution in [0.3, 0.4) is 0 Å². The lowest BCUT2D eigenvalue weighted by molar-refractivity contribution is -0.118. The number of benzene rings is 1. The van der Waals surface area contributed by atoms with Crippen LogP contribution in [-0.4, -0.2) is 39.7 Å². The van der Waals surface area contributed by atoms with E-state index in [-0.39, 0.29) is 17.9 Å². The number of amides is 2. The zero-order chi connectivity index (χ0) is 19.4. The number of nitrogens with zero attached hydrogens (tertiary/aromatic N) is 3. The molecule has 0 unspecified atom stereocenters. The molecule has 0 aliphatic carbocycles. The minimum Gasteiger partial charge on any atom is -0.355 e. The Labute approximate surface area is 157 Å². The molecule has 7 heteroatoms. The van der Waals surface area contributed by atoms with Gasteiger partial charge in [-0.3, -0.25) is 9.59 Å². The van der Waals surface area contributed by atoms with Crippen LogP contribution in [0.1, 0.15) is 37.2 Å². The van der Waals surface area contributed by atoms with E-state index in [1.807, 2.05) is 48.9 Å². The van der Waals surface area contributed by atoms with E-state index in [2.05, 4.69) is 15.7 Å². The normalized spacial score (nSPS) is 11.0. The van der Waals surface area contributed by atoms with Gasteiger partial charge < -0.3 is 10.6 Å². The summed E-state index contributed by atoms with van der Waals surface area (Å²) < 4.78 is 1.82. The Morgan fingerprint density at radius 3 is 2.48 bits per heavy atom. The Morgan fingerprint density at radius 2 is 1.81 bits per heavy atom. The second-order valence-electron chi connectivity index (χ2n) is 6.58. The maximum Gasteiger partial charge on any atom is 0.252 e. The molecular formula is C20H23N5O2. The smallest absolute Gasteiger partial charge is 0.252 e. The second-order valence-corrected chi connectivity index (χ2v) is 6.58. The van der Waals surface area contributed by atoms with Gasteiger partial charge in [0.15, 0.2) is 5.65 Å². The van der Waals surface area contributed by atoms with E-state index in [1.165, 1.54) is 6.92 Å². The van der Waals surface area contributed by atoms with Crippen molar-refractivity contribution >= 4 is 22.8 Å². The monoisotopic (exact) mass is 365 g/mol. The number of aromatic nitrogens is 3. The molecule has 0 aliphatic rings. The molecule has 0 radical (unpaired) electrons. The van der Waals surface area contributed by atoms with Crippen molar-refractivity contribution in [3.8, 4) is 11.3 Å². The predicted octanol–water partition coefficient (Wildman–Crippen LogP) is 2.55. The van der Waals surface area contributed by atoms with Crippen LogP contribution in [0.15, 0.2) is 42.6 Å². The van der Waals surface area contributed by atoms with Crippen molar-refractivity contribution in [3.05, 3.63) is 48.2 Å². The maximum absolute atomic E-state index is 12.8. The van der Waals surface area contributed by atoms with Crippen molar-refractivity contribution in [3.63, 3.8) is 0 Å². The van der Waals surface area contributed by atoms with Crippen molar-refractivity contribution in [2.24, 2.45) is 0 Å². The molecule has 0 atom stereocenters. The fourth-order valence-corrected chi connectivity index (χ4v) is 2.85. The molecule has 140 valence electrons. The molecule has 0 bridgehead atoms. The molecule has 2 heterocycles. The first-order valence-electron chi connectivity index (χ1n) is 8.93. The third kappa shape index (κ3) is 4.13. The third-order valence-corrected chi connectivity index (χ3v) is 4.15. The summed E-state index contributed by atoms with van der Waals surface area (Å²) in [5.41, 5.74) is 2.85. The van der Waals surface area contributed by atoms with Crippen molar-refractivity contribution in [2.75, 3.05) is 13.1 Å². The Morgan fingerprint density at radius 1 is 1.11 bits per heavy atom. The zero-order valence-corrected chi connectivity index (χ0v) is 15.7. The topological polar surface area (TPSA) is 88.9 Å². The number of nitrogens with one attached hydrogen (secondary N) is 2. The first-order valence-corrected chi connectivity index (χ1v) is 8.93. The first-order chi connectivity index (χ1) is 13.0. The summed E-state index contributed by atoms with van der Waals surface area (Å²) in [5.74, 6) is -0.339. The van der Waals surface area contributed by atoms with Gasteiger partial charge in [-0.25, -0.2) is 9.67 Å². The van der Waals surface area contributed by atoms with E-state index in [0.29, 0.717) is 29.7 Å². The maximum atomic E-state index is 12.8. The number of carbonyl (C=O) groups excluding carboxylic acids is 2. The van der Waals surface area contributed by atoms with Crippen LogP contribution in [0, 0.1) is 0 Å². The van der Waals surface area contributed by atoms with Gasteiger partial charge in [-0.2, -0.15) is 5.10 Å². The molecule has 0 fully saturated rings. The number of rotatable bonds is 6. The summed E-state index contributed by atoms with van der Waals surface area (Å²) in [6.07, 6.45) is 1.68. The predicted molar refractivity (Wildman–Crippen MR) is 104 cm³/mol. The highest BCUT2D eigenvalue weighted by atomic mass is 16.2. The minimum absolute atomic E-state index is 0.122. The highest BCUT2D eigenvalue weighted by Crippen LogP contribution is 2.26. The third-order valence-electron chi connectivity index (χ3n) is 4.15. The minimum atomic E-state index is -0.215. The molecule has 0 spiro atoms. The largest absolute Gasteiger partial charge is 0.355 e. The number of pyridine rings is 1. The zero-order valence-electron chi connectivity index (χ0n) is 15.7. The SMILES string of the molecule is CC(=O)NCCNC(=O)c1cc(-c2ccccc2)nc2c1cnn2C(C)C. The van der Waals surface area contributed by atoms with E-state index >= 15 is 0 Å². The fraction of sp³-hybridized carbons (Fsp3) is 0.300. The van der Waals surface area contributed by atoms with Crippen LogP contribution in [0.25, 0.3) is 22.3 Å². The lowest BCUT2D eigenvalue weighted by Crippen LogP contribution is -2.33. The van der Waals surface area contributed by atoms with Crippen molar-refractivity contribution in [2.45, 2.75) is 26.8 Å². The van der Waals surface area contributed by atoms with Crippen molar-refractivity contribution < 1.29 is 9.59 Å². The second kappa shape index (κ2) is 7.99. The lowest BCUT2D eigenvalue weighted by atomic mass is 10.1. The van der Waals surface area contributed by atoms with E-state index in [9.17, 15) is 9.59 Å². The molecule has 0 aliphatic heterocycles. The summed E-state index contributed by atoms with van der Waals surface area (Å²) in [6.45, 7) is 6.22. The molecule has 1 aromatic carbocycles. The van der Waals surface area contributed by atoms with Gasteiger partial charge in [0.2, 0.25) is 5.91 Å². The number of carbonyl (C=O) groups is 2. The molecular weight excluding hydrogens is 342 g/mol. The summed E-state index contributed by atoms with van der Waals surface area (Å²) >= 11 is 0. The summed E-state index contributed by atoms with van der Waals surface area (Å²) in [5, 5.41) is 10.6. The number of hydrogen-bond acceptors (Lipinski definition) is 4. The summed E-state index contributed by atoms with van der Waals surface area (Å²) in [7, 11) is 0. The van der Waals surface area contributed by atoms with Crippen molar-refractivity contribution in [1.82, 2.24) is 25.4 Å². The Kier molecular flexibility index (Phi) is 5.49. The molecule has 2 N–H and O–H groups in total. The number of fused-ring (bicyclic) bond motifs is 1. The molecule has 2 aromatic heterocycles. The van der Waals surface area contributed by atoms with E-state index in [1.54, 1.807) is 12.3 Å². The van der Waals surface area contributed by atoms with Crippen LogP contribution in [0.5, 0.6) is 0 Å². The van der Waals surface area contributed by atoms with Crippen molar-refractivity contribution in [1.29, 1.82) is 0 Å². The van der Waals surface area contributed by atoms with Crippen LogP contribution in [0.4, 0.5) is 0 Å². The van der Waals surface area contributed by atoms with Crippen LogP contribution in [-0.2, 0) is 4.79 Å². The average molecular weight is 365 g/mol. The van der Waals surface area contributed by atoms with Gasteiger partial charge in [-0.15, -0.1) is 0 Å². The quantitative estimate of drug-likeness (QED) is 0.657. The van der Waals surface area contributed by atoms with E-state index in [0.717, 1.165) is 11.3 Å². The summed E-state index contributed by atoms with van der Waals surface area (Å²) in [4.78, 5) is 28.5. The van der Waals surface area contributed by atoms with Gasteiger partial charge in [0, 0.05) is 31.6 Å². The Balaban J connectivity index is 2.00. The van der Waals surface area contributed by atoms with E-state index < -0.39 is 0 Å². The molecule has 0 saturated heterocycles. The molecule has 3 rings (SSSR count). The van der Waals surface area contributed by atoms with Crippen LogP contribution < -0.4 is 10.6 Å². The average Bonchev–Trinajstić information content (AvgIpc) is 3.09. The highest BCUT2D eigenvalue weighted by Gasteiger charge is 2.18. The standard InChI is InChI=1S/C20H23N5O2/c1-13(2)25-19-17(12-23-25)16(20(27)22-10-9-21-14(3)26)11-18(24-19)15-7-5-4-6-8-15/h4-8,11-13H,9-10H2,1-3H3,(H,21,26)(H,22,27). The Hall–Kier alpha value is -3.22. The first kappa shape index (κ1) is 18.6. The van der Waals surface area contributed by atoms with Gasteiger partial charge in [-0.05, 0) is 19.9 Å². The van der Waals surface area contributed by atoms with Gasteiger partial charge >= 0.3 is 0 Å². The van der Waals surface area contributed by atoms with Gasteiger partial charge in [-0.1, -0.05) is 30.3 Å². The Bertz CT molecular complexity index is 963. The molecule has 3 aromatic rings. The molecule has 27 heavy (non-hydrogen) atoms.